The van der Waals surface area contributed by atoms with Crippen molar-refractivity contribution in [3.8, 4) is 0 Å². The van der Waals surface area contributed by atoms with Crippen molar-refractivity contribution in [3.63, 3.8) is 0 Å². The fourth-order valence-electron chi connectivity index (χ4n) is 6.32. The first-order chi connectivity index (χ1) is 16.5. The highest BCUT2D eigenvalue weighted by molar-refractivity contribution is 6.34. The minimum atomic E-state index is -0.306. The van der Waals surface area contributed by atoms with E-state index in [2.05, 4.69) is 17.4 Å². The molecular weight excluding hydrogens is 448 g/mol. The van der Waals surface area contributed by atoms with Gasteiger partial charge in [0.15, 0.2) is 0 Å². The summed E-state index contributed by atoms with van der Waals surface area (Å²) in [6.07, 6.45) is 1.91. The van der Waals surface area contributed by atoms with Crippen LogP contribution >= 0.6 is 11.6 Å². The van der Waals surface area contributed by atoms with E-state index in [9.17, 15) is 14.4 Å². The Morgan fingerprint density at radius 2 is 1.50 bits per heavy atom. The average Bonchev–Trinajstić information content (AvgIpc) is 3.52. The van der Waals surface area contributed by atoms with Crippen molar-refractivity contribution in [2.75, 3.05) is 10.2 Å². The van der Waals surface area contributed by atoms with Gasteiger partial charge in [-0.2, -0.15) is 0 Å². The van der Waals surface area contributed by atoms with Crippen LogP contribution in [0.5, 0.6) is 0 Å². The van der Waals surface area contributed by atoms with Crippen LogP contribution in [0.15, 0.2) is 78.9 Å². The first-order valence-corrected chi connectivity index (χ1v) is 12.0. The maximum atomic E-state index is 13.5. The molecule has 5 nitrogen and oxygen atoms in total. The van der Waals surface area contributed by atoms with E-state index in [1.807, 2.05) is 18.2 Å². The zero-order valence-electron chi connectivity index (χ0n) is 18.4. The number of carbonyl (C=O) groups is 3. The number of nitrogens with one attached hydrogen (secondary N) is 1. The molecule has 3 aromatic carbocycles. The number of carbonyl (C=O) groups excluding carboxylic acids is 3. The van der Waals surface area contributed by atoms with Crippen molar-refractivity contribution in [2.45, 2.75) is 18.8 Å². The van der Waals surface area contributed by atoms with Crippen LogP contribution in [0.4, 0.5) is 11.4 Å². The van der Waals surface area contributed by atoms with Crippen LogP contribution in [-0.2, 0) is 9.59 Å². The molecule has 0 aromatic heterocycles. The molecule has 6 heteroatoms. The van der Waals surface area contributed by atoms with Crippen LogP contribution in [-0.4, -0.2) is 17.7 Å². The van der Waals surface area contributed by atoms with Gasteiger partial charge in [-0.15, -0.1) is 0 Å². The second-order valence-corrected chi connectivity index (χ2v) is 9.86. The van der Waals surface area contributed by atoms with Crippen molar-refractivity contribution in [3.05, 3.63) is 95.0 Å². The number of halogens is 1. The highest BCUT2D eigenvalue weighted by Crippen LogP contribution is 2.61. The molecule has 0 unspecified atom stereocenters. The Bertz CT molecular complexity index is 1290. The molecule has 3 aromatic rings. The number of rotatable bonds is 4. The predicted octanol–water partition coefficient (Wildman–Crippen LogP) is 5.52. The van der Waals surface area contributed by atoms with Crippen molar-refractivity contribution < 1.29 is 14.4 Å². The summed E-state index contributed by atoms with van der Waals surface area (Å²) in [4.78, 5) is 40.8. The largest absolute Gasteiger partial charge is 0.321 e. The zero-order chi connectivity index (χ0) is 23.4. The summed E-state index contributed by atoms with van der Waals surface area (Å²) in [7, 11) is 0. The molecule has 2 bridgehead atoms. The molecule has 3 aliphatic rings. The van der Waals surface area contributed by atoms with Crippen molar-refractivity contribution >= 4 is 40.7 Å². The van der Waals surface area contributed by atoms with E-state index in [0.717, 1.165) is 12.8 Å². The van der Waals surface area contributed by atoms with Crippen LogP contribution < -0.4 is 10.2 Å². The third-order valence-corrected chi connectivity index (χ3v) is 8.08. The van der Waals surface area contributed by atoms with E-state index in [1.165, 1.54) is 10.5 Å². The Balaban J connectivity index is 1.22. The summed E-state index contributed by atoms with van der Waals surface area (Å²) < 4.78 is 0. The lowest BCUT2D eigenvalue weighted by atomic mass is 9.73. The molecular formula is C28H23ClN2O3. The number of imide groups is 1. The van der Waals surface area contributed by atoms with Gasteiger partial charge in [0, 0.05) is 5.56 Å². The number of nitrogens with zero attached hydrogens (tertiary/aromatic N) is 1. The quantitative estimate of drug-likeness (QED) is 0.510. The van der Waals surface area contributed by atoms with Crippen molar-refractivity contribution in [2.24, 2.45) is 23.7 Å². The summed E-state index contributed by atoms with van der Waals surface area (Å²) in [5, 5.41) is 3.24. The fraction of sp³-hybridized carbons (Fsp3) is 0.250. The van der Waals surface area contributed by atoms with Gasteiger partial charge >= 0.3 is 0 Å². The molecule has 2 aliphatic carbocycles. The second-order valence-electron chi connectivity index (χ2n) is 9.46. The Hall–Kier alpha value is -3.44. The molecule has 1 N–H and O–H groups in total. The maximum absolute atomic E-state index is 13.5. The summed E-state index contributed by atoms with van der Waals surface area (Å²) in [5.74, 6) is -0.180. The lowest BCUT2D eigenvalue weighted by molar-refractivity contribution is -0.123. The van der Waals surface area contributed by atoms with E-state index in [0.29, 0.717) is 27.9 Å². The van der Waals surface area contributed by atoms with Gasteiger partial charge in [0.2, 0.25) is 11.8 Å². The second kappa shape index (κ2) is 8.10. The number of amides is 3. The van der Waals surface area contributed by atoms with E-state index < -0.39 is 0 Å². The smallest absolute Gasteiger partial charge is 0.255 e. The molecule has 2 saturated carbocycles. The van der Waals surface area contributed by atoms with Gasteiger partial charge in [-0.25, -0.2) is 0 Å². The number of anilines is 2. The summed E-state index contributed by atoms with van der Waals surface area (Å²) in [6.45, 7) is 0. The highest BCUT2D eigenvalue weighted by Gasteiger charge is 2.64. The Kier molecular flexibility index (Phi) is 5.03. The minimum Gasteiger partial charge on any atom is -0.321 e. The van der Waals surface area contributed by atoms with Crippen molar-refractivity contribution in [1.82, 2.24) is 0 Å². The molecule has 34 heavy (non-hydrogen) atoms. The van der Waals surface area contributed by atoms with Gasteiger partial charge < -0.3 is 5.32 Å². The monoisotopic (exact) mass is 470 g/mol. The number of fused-ring (bicyclic) bond motifs is 5. The molecule has 1 heterocycles. The maximum Gasteiger partial charge on any atom is 0.255 e. The first-order valence-electron chi connectivity index (χ1n) is 11.6. The van der Waals surface area contributed by atoms with E-state index in [1.54, 1.807) is 48.5 Å². The fourth-order valence-corrected chi connectivity index (χ4v) is 6.50. The van der Waals surface area contributed by atoms with Crippen LogP contribution in [0, 0.1) is 23.7 Å². The molecule has 3 amide bonds. The van der Waals surface area contributed by atoms with Crippen molar-refractivity contribution in [1.29, 1.82) is 0 Å². The van der Waals surface area contributed by atoms with Crippen LogP contribution in [0.3, 0.4) is 0 Å². The highest BCUT2D eigenvalue weighted by atomic mass is 35.5. The Morgan fingerprint density at radius 1 is 0.824 bits per heavy atom. The third-order valence-electron chi connectivity index (χ3n) is 7.75. The van der Waals surface area contributed by atoms with Gasteiger partial charge in [-0.1, -0.05) is 54.1 Å². The first kappa shape index (κ1) is 21.1. The molecule has 170 valence electrons. The SMILES string of the molecule is O=C(Nc1ccccc1Cl)c1ccc(N2C(=O)[C@@H]3[C@@H]4C[C@@H]([C@@H]3C2=O)[C@@H](c2ccccc2)C4)cc1. The molecule has 3 fully saturated rings. The molecule has 1 saturated heterocycles. The normalized spacial score (nSPS) is 27.2. The number of para-hydroxylation sites is 1. The van der Waals surface area contributed by atoms with E-state index >= 15 is 0 Å². The molecule has 6 rings (SSSR count). The van der Waals surface area contributed by atoms with Gasteiger partial charge in [0.05, 0.1) is 28.2 Å². The third kappa shape index (κ3) is 3.26. The van der Waals surface area contributed by atoms with E-state index in [-0.39, 0.29) is 41.4 Å². The molecule has 5 atom stereocenters. The average molecular weight is 471 g/mol. The predicted molar refractivity (Wildman–Crippen MR) is 131 cm³/mol. The summed E-state index contributed by atoms with van der Waals surface area (Å²) in [6, 6.07) is 24.0. The van der Waals surface area contributed by atoms with Gasteiger partial charge in [-0.05, 0) is 72.6 Å². The number of benzene rings is 3. The molecule has 1 aliphatic heterocycles. The van der Waals surface area contributed by atoms with Crippen LogP contribution in [0.25, 0.3) is 0 Å². The zero-order valence-corrected chi connectivity index (χ0v) is 19.1. The van der Waals surface area contributed by atoms with Crippen LogP contribution in [0.2, 0.25) is 5.02 Å². The summed E-state index contributed by atoms with van der Waals surface area (Å²) in [5.41, 5.74) is 2.74. The Labute approximate surface area is 202 Å². The standard InChI is InChI=1S/C28H23ClN2O3/c29-22-8-4-5-9-23(22)30-26(32)17-10-12-19(13-11-17)31-27(33)24-18-14-20(16-6-2-1-3-7-16)21(15-18)25(24)28(31)34/h1-13,18,20-21,24-25H,14-15H2,(H,30,32)/t18-,20+,21+,24+,25-/m0/s1. The lowest BCUT2D eigenvalue weighted by Gasteiger charge is -2.28. The topological polar surface area (TPSA) is 66.5 Å². The lowest BCUT2D eigenvalue weighted by Crippen LogP contribution is -2.33. The van der Waals surface area contributed by atoms with Gasteiger partial charge in [0.25, 0.3) is 5.91 Å². The minimum absolute atomic E-state index is 0.0951. The van der Waals surface area contributed by atoms with Gasteiger partial charge in [-0.3, -0.25) is 19.3 Å². The molecule has 0 radical (unpaired) electrons. The van der Waals surface area contributed by atoms with E-state index in [4.69, 9.17) is 11.6 Å². The van der Waals surface area contributed by atoms with Gasteiger partial charge in [0.1, 0.15) is 0 Å². The summed E-state index contributed by atoms with van der Waals surface area (Å²) >= 11 is 6.13. The Morgan fingerprint density at radius 3 is 2.24 bits per heavy atom. The number of hydrogen-bond donors (Lipinski definition) is 1. The number of hydrogen-bond acceptors (Lipinski definition) is 3. The van der Waals surface area contributed by atoms with Crippen LogP contribution in [0.1, 0.15) is 34.7 Å². The molecule has 0 spiro atoms.